The number of fused-ring (bicyclic) bond motifs is 1. The minimum Gasteiger partial charge on any atom is -0.361 e. The van der Waals surface area contributed by atoms with Crippen molar-refractivity contribution in [1.29, 1.82) is 0 Å². The molecular weight excluding hydrogens is 253 g/mol. The van der Waals surface area contributed by atoms with Crippen molar-refractivity contribution in [3.05, 3.63) is 35.5 Å². The second kappa shape index (κ2) is 4.00. The van der Waals surface area contributed by atoms with Gasteiger partial charge in [0, 0.05) is 22.6 Å². The van der Waals surface area contributed by atoms with E-state index in [0.717, 1.165) is 48.8 Å². The zero-order valence-corrected chi connectivity index (χ0v) is 10.3. The summed E-state index contributed by atoms with van der Waals surface area (Å²) in [5, 5.41) is 0.859. The Hall–Kier alpha value is -1.49. The molecule has 0 unspecified atom stereocenters. The van der Waals surface area contributed by atoms with E-state index in [1.54, 1.807) is 12.3 Å². The smallest absolute Gasteiger partial charge is 0.361 e. The third-order valence-corrected chi connectivity index (χ3v) is 3.88. The molecular formula is C14H15F3N2. The van der Waals surface area contributed by atoms with Gasteiger partial charge in [-0.1, -0.05) is 6.07 Å². The van der Waals surface area contributed by atoms with Gasteiger partial charge in [0.1, 0.15) is 0 Å². The summed E-state index contributed by atoms with van der Waals surface area (Å²) in [7, 11) is 0. The van der Waals surface area contributed by atoms with Crippen LogP contribution < -0.4 is 5.73 Å². The van der Waals surface area contributed by atoms with Crippen LogP contribution in [0.25, 0.3) is 10.9 Å². The van der Waals surface area contributed by atoms with Gasteiger partial charge < -0.3 is 10.7 Å². The van der Waals surface area contributed by atoms with Gasteiger partial charge in [-0.15, -0.1) is 0 Å². The zero-order chi connectivity index (χ0) is 13.7. The van der Waals surface area contributed by atoms with Crippen molar-refractivity contribution in [1.82, 2.24) is 4.98 Å². The molecule has 19 heavy (non-hydrogen) atoms. The largest absolute Gasteiger partial charge is 0.416 e. The van der Waals surface area contributed by atoms with Crippen LogP contribution in [0.3, 0.4) is 0 Å². The lowest BCUT2D eigenvalue weighted by molar-refractivity contribution is -0.137. The maximum absolute atomic E-state index is 12.6. The average molecular weight is 268 g/mol. The molecule has 1 heterocycles. The average Bonchev–Trinajstić information content (AvgIpc) is 2.94. The molecule has 1 fully saturated rings. The fourth-order valence-corrected chi connectivity index (χ4v) is 2.36. The van der Waals surface area contributed by atoms with Gasteiger partial charge in [-0.25, -0.2) is 0 Å². The quantitative estimate of drug-likeness (QED) is 0.877. The SMILES string of the molecule is NC1(CCc2c[nH]c3cc(C(F)(F)F)ccc23)CC1. The first-order valence-corrected chi connectivity index (χ1v) is 6.34. The van der Waals surface area contributed by atoms with E-state index in [0.29, 0.717) is 5.52 Å². The highest BCUT2D eigenvalue weighted by molar-refractivity contribution is 5.84. The van der Waals surface area contributed by atoms with Gasteiger partial charge in [-0.3, -0.25) is 0 Å². The van der Waals surface area contributed by atoms with Crippen LogP contribution in [0.2, 0.25) is 0 Å². The Bertz CT molecular complexity index is 609. The molecule has 0 radical (unpaired) electrons. The topological polar surface area (TPSA) is 41.8 Å². The fourth-order valence-electron chi connectivity index (χ4n) is 2.36. The van der Waals surface area contributed by atoms with Crippen LogP contribution in [-0.4, -0.2) is 10.5 Å². The Kier molecular flexibility index (Phi) is 2.64. The molecule has 0 aliphatic heterocycles. The van der Waals surface area contributed by atoms with Crippen molar-refractivity contribution in [2.75, 3.05) is 0 Å². The number of hydrogen-bond donors (Lipinski definition) is 2. The second-order valence-corrected chi connectivity index (χ2v) is 5.43. The van der Waals surface area contributed by atoms with E-state index in [1.807, 2.05) is 0 Å². The van der Waals surface area contributed by atoms with Crippen LogP contribution in [0, 0.1) is 0 Å². The van der Waals surface area contributed by atoms with Crippen LogP contribution in [0.1, 0.15) is 30.4 Å². The van der Waals surface area contributed by atoms with Gasteiger partial charge in [-0.05, 0) is 43.4 Å². The van der Waals surface area contributed by atoms with E-state index in [-0.39, 0.29) is 5.54 Å². The Morgan fingerprint density at radius 2 is 2.00 bits per heavy atom. The highest BCUT2D eigenvalue weighted by atomic mass is 19.4. The van der Waals surface area contributed by atoms with Gasteiger partial charge in [0.05, 0.1) is 5.56 Å². The normalized spacial score (nSPS) is 17.9. The number of H-pyrrole nitrogens is 1. The number of alkyl halides is 3. The molecule has 1 saturated carbocycles. The summed E-state index contributed by atoms with van der Waals surface area (Å²) in [6, 6.07) is 3.84. The molecule has 0 atom stereocenters. The lowest BCUT2D eigenvalue weighted by Crippen LogP contribution is -2.21. The Balaban J connectivity index is 1.87. The van der Waals surface area contributed by atoms with Gasteiger partial charge in [0.15, 0.2) is 0 Å². The number of aromatic amines is 1. The monoisotopic (exact) mass is 268 g/mol. The lowest BCUT2D eigenvalue weighted by Gasteiger charge is -2.08. The summed E-state index contributed by atoms with van der Waals surface area (Å²) in [6.45, 7) is 0. The molecule has 2 nitrogen and oxygen atoms in total. The highest BCUT2D eigenvalue weighted by Gasteiger charge is 2.37. The van der Waals surface area contributed by atoms with E-state index in [2.05, 4.69) is 4.98 Å². The minimum atomic E-state index is -4.30. The van der Waals surface area contributed by atoms with E-state index < -0.39 is 11.7 Å². The maximum Gasteiger partial charge on any atom is 0.416 e. The number of aromatic nitrogens is 1. The zero-order valence-electron chi connectivity index (χ0n) is 10.3. The van der Waals surface area contributed by atoms with Crippen molar-refractivity contribution >= 4 is 10.9 Å². The fraction of sp³-hybridized carbons (Fsp3) is 0.429. The first kappa shape index (κ1) is 12.5. The van der Waals surface area contributed by atoms with Gasteiger partial charge in [-0.2, -0.15) is 13.2 Å². The first-order chi connectivity index (χ1) is 8.87. The van der Waals surface area contributed by atoms with Crippen molar-refractivity contribution in [2.45, 2.75) is 37.4 Å². The molecule has 1 aliphatic rings. The number of aryl methyl sites for hydroxylation is 1. The Labute approximate surface area is 108 Å². The predicted molar refractivity (Wildman–Crippen MR) is 67.8 cm³/mol. The lowest BCUT2D eigenvalue weighted by atomic mass is 10.0. The molecule has 5 heteroatoms. The molecule has 1 aliphatic carbocycles. The molecule has 0 amide bonds. The van der Waals surface area contributed by atoms with Gasteiger partial charge in [0.25, 0.3) is 0 Å². The third kappa shape index (κ3) is 2.47. The predicted octanol–water partition coefficient (Wildman–Crippen LogP) is 3.61. The third-order valence-electron chi connectivity index (χ3n) is 3.88. The van der Waals surface area contributed by atoms with E-state index >= 15 is 0 Å². The number of nitrogens with one attached hydrogen (secondary N) is 1. The summed E-state index contributed by atoms with van der Waals surface area (Å²) >= 11 is 0. The van der Waals surface area contributed by atoms with Crippen molar-refractivity contribution in [3.63, 3.8) is 0 Å². The number of halogens is 3. The Morgan fingerprint density at radius 3 is 2.63 bits per heavy atom. The van der Waals surface area contributed by atoms with Crippen molar-refractivity contribution < 1.29 is 13.2 Å². The number of benzene rings is 1. The first-order valence-electron chi connectivity index (χ1n) is 6.34. The van der Waals surface area contributed by atoms with Crippen LogP contribution in [-0.2, 0) is 12.6 Å². The molecule has 3 N–H and O–H groups in total. The summed E-state index contributed by atoms with van der Waals surface area (Å²) in [5.41, 5.74) is 6.95. The van der Waals surface area contributed by atoms with Crippen LogP contribution in [0.4, 0.5) is 13.2 Å². The highest BCUT2D eigenvalue weighted by Crippen LogP contribution is 2.37. The van der Waals surface area contributed by atoms with E-state index in [4.69, 9.17) is 5.73 Å². The molecule has 0 saturated heterocycles. The summed E-state index contributed by atoms with van der Waals surface area (Å²) in [4.78, 5) is 2.92. The summed E-state index contributed by atoms with van der Waals surface area (Å²) < 4.78 is 37.8. The standard InChI is InChI=1S/C14H15F3N2/c15-14(16,17)10-1-2-11-9(8-19-12(11)7-10)3-4-13(18)5-6-13/h1-2,7-8,19H,3-6,18H2. The van der Waals surface area contributed by atoms with Crippen LogP contribution in [0.15, 0.2) is 24.4 Å². The van der Waals surface area contributed by atoms with Crippen LogP contribution in [0.5, 0.6) is 0 Å². The molecule has 3 rings (SSSR count). The summed E-state index contributed by atoms with van der Waals surface area (Å²) in [5.74, 6) is 0. The number of nitrogens with two attached hydrogens (primary N) is 1. The second-order valence-electron chi connectivity index (χ2n) is 5.43. The molecule has 2 aromatic rings. The number of hydrogen-bond acceptors (Lipinski definition) is 1. The molecule has 1 aromatic heterocycles. The van der Waals surface area contributed by atoms with E-state index in [9.17, 15) is 13.2 Å². The van der Waals surface area contributed by atoms with Crippen LogP contribution >= 0.6 is 0 Å². The molecule has 102 valence electrons. The van der Waals surface area contributed by atoms with Gasteiger partial charge in [0.2, 0.25) is 0 Å². The van der Waals surface area contributed by atoms with E-state index in [1.165, 1.54) is 0 Å². The Morgan fingerprint density at radius 1 is 1.26 bits per heavy atom. The van der Waals surface area contributed by atoms with Crippen molar-refractivity contribution in [2.24, 2.45) is 5.73 Å². The van der Waals surface area contributed by atoms with Gasteiger partial charge >= 0.3 is 6.18 Å². The molecule has 0 spiro atoms. The molecule has 0 bridgehead atoms. The number of rotatable bonds is 3. The minimum absolute atomic E-state index is 0.0322. The van der Waals surface area contributed by atoms with Crippen molar-refractivity contribution in [3.8, 4) is 0 Å². The molecule has 1 aromatic carbocycles. The maximum atomic E-state index is 12.6. The summed E-state index contributed by atoms with van der Waals surface area (Å²) in [6.07, 6.45) is 1.29.